The molecule has 0 aromatic heterocycles. The first-order valence-corrected chi connectivity index (χ1v) is 11.6. The van der Waals surface area contributed by atoms with Gasteiger partial charge in [-0.3, -0.25) is 4.90 Å². The van der Waals surface area contributed by atoms with E-state index in [1.807, 2.05) is 6.07 Å². The van der Waals surface area contributed by atoms with Gasteiger partial charge in [-0.05, 0) is 36.2 Å². The van der Waals surface area contributed by atoms with Crippen molar-refractivity contribution in [1.29, 1.82) is 0 Å². The van der Waals surface area contributed by atoms with Gasteiger partial charge < -0.3 is 4.43 Å². The second kappa shape index (κ2) is 7.27. The summed E-state index contributed by atoms with van der Waals surface area (Å²) < 4.78 is 6.60. The summed E-state index contributed by atoms with van der Waals surface area (Å²) in [5.74, 6) is 0. The quantitative estimate of drug-likeness (QED) is 0.327. The van der Waals surface area contributed by atoms with E-state index in [9.17, 15) is 0 Å². The van der Waals surface area contributed by atoms with Crippen LogP contribution in [-0.2, 0) is 11.0 Å². The number of hydrogen-bond acceptors (Lipinski definition) is 3. The molecule has 0 unspecified atom stereocenters. The fourth-order valence-electron chi connectivity index (χ4n) is 2.95. The Morgan fingerprint density at radius 3 is 2.46 bits per heavy atom. The maximum atomic E-state index is 8.99. The first-order chi connectivity index (χ1) is 11.2. The number of likely N-dealkylation sites (tertiary alicyclic amines) is 1. The zero-order valence-electron chi connectivity index (χ0n) is 15.7. The van der Waals surface area contributed by atoms with Crippen molar-refractivity contribution >= 4 is 8.32 Å². The predicted octanol–water partition coefficient (Wildman–Crippen LogP) is 4.96. The van der Waals surface area contributed by atoms with E-state index in [2.05, 4.69) is 80.0 Å². The van der Waals surface area contributed by atoms with Gasteiger partial charge in [0, 0.05) is 24.0 Å². The van der Waals surface area contributed by atoms with Crippen LogP contribution in [0.15, 0.2) is 35.4 Å². The van der Waals surface area contributed by atoms with Crippen LogP contribution >= 0.6 is 0 Å². The molecule has 24 heavy (non-hydrogen) atoms. The normalized spacial score (nSPS) is 25.5. The molecule has 0 amide bonds. The molecule has 6 heteroatoms. The topological polar surface area (TPSA) is 61.2 Å². The van der Waals surface area contributed by atoms with E-state index in [4.69, 9.17) is 9.96 Å². The van der Waals surface area contributed by atoms with Crippen molar-refractivity contribution in [2.45, 2.75) is 70.6 Å². The molecule has 1 aromatic carbocycles. The van der Waals surface area contributed by atoms with Gasteiger partial charge in [-0.1, -0.05) is 56.2 Å². The van der Waals surface area contributed by atoms with Gasteiger partial charge in [0.1, 0.15) is 0 Å². The molecule has 1 fully saturated rings. The molecule has 2 rings (SSSR count). The second-order valence-electron chi connectivity index (χ2n) is 8.27. The smallest absolute Gasteiger partial charge is 0.192 e. The lowest BCUT2D eigenvalue weighted by Crippen LogP contribution is -2.47. The van der Waals surface area contributed by atoms with Gasteiger partial charge in [-0.2, -0.15) is 0 Å². The van der Waals surface area contributed by atoms with Crippen LogP contribution in [-0.4, -0.2) is 37.9 Å². The number of nitrogens with zero attached hydrogens (tertiary/aromatic N) is 4. The lowest BCUT2D eigenvalue weighted by Gasteiger charge is -2.39. The second-order valence-corrected chi connectivity index (χ2v) is 13.0. The Morgan fingerprint density at radius 2 is 1.92 bits per heavy atom. The molecule has 3 atom stereocenters. The molecule has 0 spiro atoms. The highest BCUT2D eigenvalue weighted by molar-refractivity contribution is 6.74. The Labute approximate surface area is 146 Å². The first-order valence-electron chi connectivity index (χ1n) is 8.66. The summed E-state index contributed by atoms with van der Waals surface area (Å²) in [7, 11) is -1.90. The molecular weight excluding hydrogens is 316 g/mol. The first kappa shape index (κ1) is 19.0. The Balaban J connectivity index is 2.17. The van der Waals surface area contributed by atoms with Crippen LogP contribution in [0.5, 0.6) is 0 Å². The standard InChI is InChI=1S/C18H30N4OSi/c1-14-17(20-21-19)16(23-24(5,6)18(2,3)4)13-22(14)12-15-10-8-7-9-11-15/h7-11,14,16-17H,12-13H2,1-6H3/t14-,16-,17-/m0/s1. The molecule has 0 N–H and O–H groups in total. The monoisotopic (exact) mass is 346 g/mol. The molecule has 132 valence electrons. The van der Waals surface area contributed by atoms with E-state index < -0.39 is 8.32 Å². The minimum absolute atomic E-state index is 0.0273. The van der Waals surface area contributed by atoms with Gasteiger partial charge in [0.05, 0.1) is 12.1 Å². The fraction of sp³-hybridized carbons (Fsp3) is 0.667. The van der Waals surface area contributed by atoms with Crippen LogP contribution in [0, 0.1) is 0 Å². The number of azide groups is 1. The third kappa shape index (κ3) is 4.19. The van der Waals surface area contributed by atoms with Crippen molar-refractivity contribution in [1.82, 2.24) is 4.90 Å². The molecule has 0 saturated carbocycles. The van der Waals surface area contributed by atoms with Crippen molar-refractivity contribution in [2.75, 3.05) is 6.54 Å². The minimum atomic E-state index is -1.90. The highest BCUT2D eigenvalue weighted by Gasteiger charge is 2.45. The molecule has 1 aliphatic rings. The zero-order valence-corrected chi connectivity index (χ0v) is 16.7. The number of rotatable bonds is 5. The maximum Gasteiger partial charge on any atom is 0.192 e. The Hall–Kier alpha value is -1.33. The highest BCUT2D eigenvalue weighted by Crippen LogP contribution is 2.39. The third-order valence-corrected chi connectivity index (χ3v) is 10.0. The predicted molar refractivity (Wildman–Crippen MR) is 101 cm³/mol. The third-order valence-electron chi connectivity index (χ3n) is 5.53. The molecule has 1 heterocycles. The summed E-state index contributed by atoms with van der Waals surface area (Å²) in [6, 6.07) is 10.5. The molecule has 1 saturated heterocycles. The molecule has 1 aliphatic heterocycles. The summed E-state index contributed by atoms with van der Waals surface area (Å²) in [5.41, 5.74) is 10.3. The van der Waals surface area contributed by atoms with Crippen molar-refractivity contribution in [2.24, 2.45) is 5.11 Å². The summed E-state index contributed by atoms with van der Waals surface area (Å²) in [4.78, 5) is 5.45. The lowest BCUT2D eigenvalue weighted by atomic mass is 10.1. The highest BCUT2D eigenvalue weighted by atomic mass is 28.4. The molecule has 0 bridgehead atoms. The van der Waals surface area contributed by atoms with Crippen molar-refractivity contribution in [3.63, 3.8) is 0 Å². The van der Waals surface area contributed by atoms with E-state index in [1.165, 1.54) is 5.56 Å². The summed E-state index contributed by atoms with van der Waals surface area (Å²) in [5, 5.41) is 4.22. The zero-order chi connectivity index (χ0) is 18.0. The average molecular weight is 347 g/mol. The van der Waals surface area contributed by atoms with Crippen molar-refractivity contribution in [3.8, 4) is 0 Å². The van der Waals surface area contributed by atoms with Crippen LogP contribution in [0.4, 0.5) is 0 Å². The number of hydrogen-bond donors (Lipinski definition) is 0. The van der Waals surface area contributed by atoms with E-state index >= 15 is 0 Å². The Bertz CT molecular complexity index is 593. The van der Waals surface area contributed by atoms with Crippen molar-refractivity contribution in [3.05, 3.63) is 46.3 Å². The van der Waals surface area contributed by atoms with Gasteiger partial charge in [-0.25, -0.2) is 0 Å². The minimum Gasteiger partial charge on any atom is -0.412 e. The average Bonchev–Trinajstić information content (AvgIpc) is 2.76. The molecule has 1 aromatic rings. The summed E-state index contributed by atoms with van der Waals surface area (Å²) in [6.07, 6.45) is -0.0273. The largest absolute Gasteiger partial charge is 0.412 e. The lowest BCUT2D eigenvalue weighted by molar-refractivity contribution is 0.169. The summed E-state index contributed by atoms with van der Waals surface area (Å²) in [6.45, 7) is 15.0. The number of benzene rings is 1. The van der Waals surface area contributed by atoms with Gasteiger partial charge in [0.15, 0.2) is 8.32 Å². The van der Waals surface area contributed by atoms with E-state index in [0.29, 0.717) is 0 Å². The van der Waals surface area contributed by atoms with Crippen LogP contribution in [0.1, 0.15) is 33.3 Å². The van der Waals surface area contributed by atoms with E-state index in [-0.39, 0.29) is 23.2 Å². The van der Waals surface area contributed by atoms with Gasteiger partial charge >= 0.3 is 0 Å². The van der Waals surface area contributed by atoms with E-state index in [1.54, 1.807) is 0 Å². The molecular formula is C18H30N4OSi. The Kier molecular flexibility index (Phi) is 5.76. The fourth-order valence-corrected chi connectivity index (χ4v) is 4.28. The van der Waals surface area contributed by atoms with Crippen molar-refractivity contribution < 1.29 is 4.43 Å². The maximum absolute atomic E-state index is 8.99. The van der Waals surface area contributed by atoms with Gasteiger partial charge in [-0.15, -0.1) is 0 Å². The molecule has 0 aliphatic carbocycles. The van der Waals surface area contributed by atoms with Gasteiger partial charge in [0.2, 0.25) is 0 Å². The van der Waals surface area contributed by atoms with Crippen LogP contribution in [0.2, 0.25) is 18.1 Å². The Morgan fingerprint density at radius 1 is 1.29 bits per heavy atom. The van der Waals surface area contributed by atoms with Gasteiger partial charge in [0.25, 0.3) is 0 Å². The van der Waals surface area contributed by atoms with Crippen LogP contribution in [0.25, 0.3) is 10.4 Å². The molecule has 0 radical (unpaired) electrons. The molecule has 5 nitrogen and oxygen atoms in total. The van der Waals surface area contributed by atoms with E-state index in [0.717, 1.165) is 13.1 Å². The van der Waals surface area contributed by atoms with Crippen LogP contribution < -0.4 is 0 Å². The van der Waals surface area contributed by atoms with Crippen LogP contribution in [0.3, 0.4) is 0 Å². The summed E-state index contributed by atoms with van der Waals surface area (Å²) >= 11 is 0. The SMILES string of the molecule is C[C@H]1[C@H](N=[N+]=[N-])[C@@H](O[Si](C)(C)C(C)(C)C)CN1Cc1ccccc1.